The minimum atomic E-state index is -0.921. The molecule has 0 aliphatic rings. The molecule has 1 aromatic carbocycles. The minimum absolute atomic E-state index is 0.0421. The van der Waals surface area contributed by atoms with Gasteiger partial charge in [-0.05, 0) is 30.0 Å². The van der Waals surface area contributed by atoms with E-state index in [9.17, 15) is 4.79 Å². The van der Waals surface area contributed by atoms with Crippen molar-refractivity contribution in [2.75, 3.05) is 6.61 Å². The molecular weight excluding hydrogens is 252 g/mol. The highest BCUT2D eigenvalue weighted by atomic mass is 16.5. The number of carboxylic acids is 1. The van der Waals surface area contributed by atoms with Crippen molar-refractivity contribution in [1.29, 1.82) is 0 Å². The Hall–Kier alpha value is -1.95. The van der Waals surface area contributed by atoms with Crippen LogP contribution in [0.4, 0.5) is 0 Å². The second-order valence-electron chi connectivity index (χ2n) is 5.87. The van der Waals surface area contributed by atoms with E-state index < -0.39 is 11.9 Å². The number of carboxylic acid groups (broad SMARTS) is 1. The van der Waals surface area contributed by atoms with Crippen molar-refractivity contribution >= 4 is 5.97 Å². The molecule has 0 aliphatic heterocycles. The molecule has 0 saturated carbocycles. The first kappa shape index (κ1) is 14.5. The smallest absolute Gasteiger partial charge is 0.304 e. The average Bonchev–Trinajstić information content (AvgIpc) is 2.34. The standard InChI is InChI=1S/C17H22O3/c1-5-6-14(11-16(18)19)13-7-9-15(10-8-13)20-12-17(2,3)4/h7-10,14H,11-12H2,1-4H3,(H,18,19)/i7D. The first-order valence-electron chi connectivity index (χ1n) is 7.10. The highest BCUT2D eigenvalue weighted by Crippen LogP contribution is 2.23. The lowest BCUT2D eigenvalue weighted by molar-refractivity contribution is -0.137. The lowest BCUT2D eigenvalue weighted by Gasteiger charge is -2.19. The van der Waals surface area contributed by atoms with E-state index in [1.54, 1.807) is 25.1 Å². The quantitative estimate of drug-likeness (QED) is 0.834. The molecule has 1 rings (SSSR count). The van der Waals surface area contributed by atoms with E-state index in [2.05, 4.69) is 32.6 Å². The Kier molecular flexibility index (Phi) is 5.06. The Labute approximate surface area is 122 Å². The SMILES string of the molecule is [2H]c1cc(OCC(C)(C)C)ccc1C(C#CC)CC(=O)O. The number of benzene rings is 1. The number of rotatable bonds is 5. The summed E-state index contributed by atoms with van der Waals surface area (Å²) in [7, 11) is 0. The molecule has 0 bridgehead atoms. The molecule has 0 heterocycles. The van der Waals surface area contributed by atoms with Crippen molar-refractivity contribution in [3.8, 4) is 17.6 Å². The minimum Gasteiger partial charge on any atom is -0.493 e. The molecule has 20 heavy (non-hydrogen) atoms. The topological polar surface area (TPSA) is 46.5 Å². The molecular formula is C17H22O3. The molecule has 1 aromatic rings. The molecule has 0 saturated heterocycles. The third-order valence-corrected chi connectivity index (χ3v) is 2.55. The molecule has 1 atom stereocenters. The summed E-state index contributed by atoms with van der Waals surface area (Å²) in [5.74, 6) is 4.83. The van der Waals surface area contributed by atoms with Crippen molar-refractivity contribution in [2.24, 2.45) is 5.41 Å². The summed E-state index contributed by atoms with van der Waals surface area (Å²) in [6.07, 6.45) is -0.102. The molecule has 3 heteroatoms. The van der Waals surface area contributed by atoms with Gasteiger partial charge in [-0.2, -0.15) is 0 Å². The summed E-state index contributed by atoms with van der Waals surface area (Å²) < 4.78 is 13.7. The lowest BCUT2D eigenvalue weighted by atomic mass is 9.96. The normalized spacial score (nSPS) is 12.9. The molecule has 0 radical (unpaired) electrons. The molecule has 1 unspecified atom stereocenters. The first-order valence-corrected chi connectivity index (χ1v) is 6.60. The van der Waals surface area contributed by atoms with E-state index in [0.29, 0.717) is 17.9 Å². The van der Waals surface area contributed by atoms with Crippen LogP contribution in [0.15, 0.2) is 24.2 Å². The molecule has 0 aromatic heterocycles. The number of hydrogen-bond donors (Lipinski definition) is 1. The van der Waals surface area contributed by atoms with Crippen molar-refractivity contribution in [1.82, 2.24) is 0 Å². The molecule has 3 nitrogen and oxygen atoms in total. The average molecular weight is 275 g/mol. The largest absolute Gasteiger partial charge is 0.493 e. The van der Waals surface area contributed by atoms with Crippen molar-refractivity contribution in [3.05, 3.63) is 29.8 Å². The van der Waals surface area contributed by atoms with E-state index in [1.165, 1.54) is 0 Å². The van der Waals surface area contributed by atoms with Crippen LogP contribution >= 0.6 is 0 Å². The van der Waals surface area contributed by atoms with Crippen LogP contribution in [-0.2, 0) is 4.79 Å². The summed E-state index contributed by atoms with van der Waals surface area (Å²) >= 11 is 0. The van der Waals surface area contributed by atoms with Gasteiger partial charge in [-0.1, -0.05) is 38.8 Å². The Morgan fingerprint density at radius 3 is 2.65 bits per heavy atom. The summed E-state index contributed by atoms with van der Waals surface area (Å²) in [5.41, 5.74) is 0.662. The van der Waals surface area contributed by atoms with Gasteiger partial charge < -0.3 is 9.84 Å². The highest BCUT2D eigenvalue weighted by Gasteiger charge is 2.14. The van der Waals surface area contributed by atoms with Gasteiger partial charge in [0, 0.05) is 0 Å². The third kappa shape index (κ3) is 5.79. The van der Waals surface area contributed by atoms with Crippen molar-refractivity contribution < 1.29 is 16.0 Å². The van der Waals surface area contributed by atoms with Gasteiger partial charge in [0.1, 0.15) is 5.75 Å². The van der Waals surface area contributed by atoms with Crippen LogP contribution < -0.4 is 4.74 Å². The fraction of sp³-hybridized carbons (Fsp3) is 0.471. The van der Waals surface area contributed by atoms with E-state index in [-0.39, 0.29) is 17.9 Å². The zero-order valence-electron chi connectivity index (χ0n) is 13.5. The van der Waals surface area contributed by atoms with E-state index in [4.69, 9.17) is 11.2 Å². The first-order chi connectivity index (χ1) is 9.73. The molecule has 108 valence electrons. The van der Waals surface area contributed by atoms with Crippen molar-refractivity contribution in [2.45, 2.75) is 40.0 Å². The third-order valence-electron chi connectivity index (χ3n) is 2.55. The highest BCUT2D eigenvalue weighted by molar-refractivity contribution is 5.69. The zero-order valence-corrected chi connectivity index (χ0v) is 12.5. The van der Waals surface area contributed by atoms with Crippen LogP contribution in [0.5, 0.6) is 5.75 Å². The van der Waals surface area contributed by atoms with Gasteiger partial charge in [0.15, 0.2) is 0 Å². The second-order valence-corrected chi connectivity index (χ2v) is 5.87. The van der Waals surface area contributed by atoms with Crippen molar-refractivity contribution in [3.63, 3.8) is 0 Å². The van der Waals surface area contributed by atoms with Crippen LogP contribution in [0.1, 0.15) is 47.0 Å². The maximum absolute atomic E-state index is 10.9. The predicted molar refractivity (Wildman–Crippen MR) is 79.8 cm³/mol. The van der Waals surface area contributed by atoms with E-state index in [1.807, 2.05) is 0 Å². The Balaban J connectivity index is 2.94. The van der Waals surface area contributed by atoms with Gasteiger partial charge in [0.25, 0.3) is 0 Å². The summed E-state index contributed by atoms with van der Waals surface area (Å²) in [6, 6.07) is 5.38. The van der Waals surface area contributed by atoms with Crippen LogP contribution in [0.2, 0.25) is 0 Å². The van der Waals surface area contributed by atoms with Crippen LogP contribution in [0, 0.1) is 17.3 Å². The summed E-state index contributed by atoms with van der Waals surface area (Å²) in [4.78, 5) is 10.9. The second kappa shape index (κ2) is 7.00. The van der Waals surface area contributed by atoms with Crippen LogP contribution in [0.3, 0.4) is 0 Å². The molecule has 0 aliphatic carbocycles. The van der Waals surface area contributed by atoms with E-state index >= 15 is 0 Å². The molecule has 0 spiro atoms. The Morgan fingerprint density at radius 2 is 2.15 bits per heavy atom. The molecule has 0 fully saturated rings. The Morgan fingerprint density at radius 1 is 1.45 bits per heavy atom. The number of aliphatic carboxylic acids is 1. The monoisotopic (exact) mass is 275 g/mol. The van der Waals surface area contributed by atoms with Crippen LogP contribution in [0.25, 0.3) is 0 Å². The van der Waals surface area contributed by atoms with Gasteiger partial charge in [-0.15, -0.1) is 5.92 Å². The fourth-order valence-electron chi connectivity index (χ4n) is 1.62. The number of hydrogen-bond acceptors (Lipinski definition) is 2. The number of carbonyl (C=O) groups is 1. The maximum atomic E-state index is 10.9. The lowest BCUT2D eigenvalue weighted by Crippen LogP contribution is -2.16. The van der Waals surface area contributed by atoms with Gasteiger partial charge in [0.05, 0.1) is 20.3 Å². The zero-order chi connectivity index (χ0) is 16.0. The van der Waals surface area contributed by atoms with Gasteiger partial charge in [0.2, 0.25) is 0 Å². The van der Waals surface area contributed by atoms with E-state index in [0.717, 1.165) is 0 Å². The molecule has 0 amide bonds. The maximum Gasteiger partial charge on any atom is 0.304 e. The summed E-state index contributed by atoms with van der Waals surface area (Å²) in [6.45, 7) is 8.44. The van der Waals surface area contributed by atoms with Crippen LogP contribution in [-0.4, -0.2) is 17.7 Å². The Bertz CT molecular complexity index is 562. The van der Waals surface area contributed by atoms with Gasteiger partial charge >= 0.3 is 5.97 Å². The number of ether oxygens (including phenoxy) is 1. The predicted octanol–water partition coefficient (Wildman–Crippen LogP) is 3.69. The van der Waals surface area contributed by atoms with Gasteiger partial charge in [-0.3, -0.25) is 4.79 Å². The molecule has 1 N–H and O–H groups in total. The summed E-state index contributed by atoms with van der Waals surface area (Å²) in [5, 5.41) is 8.94. The fourth-order valence-corrected chi connectivity index (χ4v) is 1.62. The van der Waals surface area contributed by atoms with Gasteiger partial charge in [-0.25, -0.2) is 0 Å².